The van der Waals surface area contributed by atoms with Gasteiger partial charge in [0, 0.05) is 30.0 Å². The van der Waals surface area contributed by atoms with Gasteiger partial charge in [-0.15, -0.1) is 0 Å². The summed E-state index contributed by atoms with van der Waals surface area (Å²) >= 11 is 0. The highest BCUT2D eigenvalue weighted by Crippen LogP contribution is 2.31. The maximum Gasteiger partial charge on any atom is 0.416 e. The van der Waals surface area contributed by atoms with Crippen molar-refractivity contribution in [2.24, 2.45) is 5.92 Å². The van der Waals surface area contributed by atoms with E-state index >= 15 is 0 Å². The van der Waals surface area contributed by atoms with E-state index in [-0.39, 0.29) is 11.6 Å². The number of nitrogens with zero attached hydrogens (tertiary/aromatic N) is 1. The van der Waals surface area contributed by atoms with Gasteiger partial charge in [-0.2, -0.15) is 13.2 Å². The molecule has 0 bridgehead atoms. The van der Waals surface area contributed by atoms with Crippen LogP contribution in [0.3, 0.4) is 0 Å². The summed E-state index contributed by atoms with van der Waals surface area (Å²) in [7, 11) is 0. The van der Waals surface area contributed by atoms with E-state index in [1.165, 1.54) is 12.1 Å². The summed E-state index contributed by atoms with van der Waals surface area (Å²) in [6.45, 7) is 4.87. The molecule has 0 aromatic heterocycles. The Morgan fingerprint density at radius 3 is 2.30 bits per heavy atom. The van der Waals surface area contributed by atoms with Gasteiger partial charge in [0.25, 0.3) is 0 Å². The maximum absolute atomic E-state index is 12.6. The van der Waals surface area contributed by atoms with Crippen LogP contribution >= 0.6 is 0 Å². The van der Waals surface area contributed by atoms with Crippen molar-refractivity contribution < 1.29 is 22.8 Å². The van der Waals surface area contributed by atoms with Gasteiger partial charge in [0.2, 0.25) is 5.91 Å². The Balaban J connectivity index is 1.66. The highest BCUT2D eigenvalue weighted by molar-refractivity contribution is 6.01. The van der Waals surface area contributed by atoms with Crippen LogP contribution in [0.4, 0.5) is 35.0 Å². The van der Waals surface area contributed by atoms with Crippen molar-refractivity contribution in [1.82, 2.24) is 0 Å². The molecular formula is C22H24F3N3O2. The summed E-state index contributed by atoms with van der Waals surface area (Å²) < 4.78 is 37.9. The number of hydrogen-bond donors (Lipinski definition) is 2. The van der Waals surface area contributed by atoms with Crippen LogP contribution in [0.2, 0.25) is 0 Å². The van der Waals surface area contributed by atoms with Crippen molar-refractivity contribution in [2.45, 2.75) is 39.3 Å². The Morgan fingerprint density at radius 1 is 1.03 bits per heavy atom. The monoisotopic (exact) mass is 419 g/mol. The number of fused-ring (bicyclic) bond motifs is 1. The zero-order chi connectivity index (χ0) is 21.9. The SMILES string of the molecule is CC(C)CCN1C(=O)CCc2cc(NC(=O)Nc3ccc(C(F)(F)F)cc3)ccc21. The van der Waals surface area contributed by atoms with Gasteiger partial charge >= 0.3 is 12.2 Å². The molecule has 0 radical (unpaired) electrons. The number of halogens is 3. The number of carbonyl (C=O) groups is 2. The van der Waals surface area contributed by atoms with Gasteiger partial charge in [-0.25, -0.2) is 4.79 Å². The molecule has 5 nitrogen and oxygen atoms in total. The van der Waals surface area contributed by atoms with Crippen LogP contribution in [0.1, 0.15) is 37.8 Å². The summed E-state index contributed by atoms with van der Waals surface area (Å²) in [6.07, 6.45) is -2.50. The zero-order valence-electron chi connectivity index (χ0n) is 16.8. The predicted octanol–water partition coefficient (Wildman–Crippen LogP) is 5.67. The second kappa shape index (κ2) is 8.77. The number of urea groups is 1. The molecule has 2 N–H and O–H groups in total. The molecule has 0 atom stereocenters. The summed E-state index contributed by atoms with van der Waals surface area (Å²) in [5.74, 6) is 0.585. The number of carbonyl (C=O) groups excluding carboxylic acids is 2. The molecule has 3 rings (SSSR count). The lowest BCUT2D eigenvalue weighted by Gasteiger charge is -2.30. The number of benzene rings is 2. The first-order valence-corrected chi connectivity index (χ1v) is 9.82. The fraction of sp³-hybridized carbons (Fsp3) is 0.364. The van der Waals surface area contributed by atoms with Crippen LogP contribution < -0.4 is 15.5 Å². The largest absolute Gasteiger partial charge is 0.416 e. The lowest BCUT2D eigenvalue weighted by atomic mass is 9.99. The standard InChI is InChI=1S/C22H24F3N3O2/c1-14(2)11-12-28-19-9-8-18(13-15(19)3-10-20(28)29)27-21(30)26-17-6-4-16(5-7-17)22(23,24)25/h4-9,13-14H,3,10-12H2,1-2H3,(H2,26,27,30). The minimum Gasteiger partial charge on any atom is -0.312 e. The van der Waals surface area contributed by atoms with Crippen LogP contribution in [0.15, 0.2) is 42.5 Å². The molecule has 160 valence electrons. The third-order valence-electron chi connectivity index (χ3n) is 4.94. The third-order valence-corrected chi connectivity index (χ3v) is 4.94. The highest BCUT2D eigenvalue weighted by atomic mass is 19.4. The van der Waals surface area contributed by atoms with Crippen molar-refractivity contribution in [3.8, 4) is 0 Å². The van der Waals surface area contributed by atoms with Crippen LogP contribution in [0.5, 0.6) is 0 Å². The van der Waals surface area contributed by atoms with E-state index in [1.54, 1.807) is 11.0 Å². The molecule has 0 aliphatic carbocycles. The summed E-state index contributed by atoms with van der Waals surface area (Å²) in [6, 6.07) is 9.04. The number of aryl methyl sites for hydroxylation is 1. The summed E-state index contributed by atoms with van der Waals surface area (Å²) in [5, 5.41) is 5.20. The molecule has 1 aliphatic heterocycles. The first kappa shape index (κ1) is 21.7. The molecule has 2 aromatic rings. The average Bonchev–Trinajstić information content (AvgIpc) is 2.66. The molecular weight excluding hydrogens is 395 g/mol. The Hall–Kier alpha value is -3.03. The van der Waals surface area contributed by atoms with E-state index in [4.69, 9.17) is 0 Å². The molecule has 30 heavy (non-hydrogen) atoms. The average molecular weight is 419 g/mol. The topological polar surface area (TPSA) is 61.4 Å². The van der Waals surface area contributed by atoms with Crippen molar-refractivity contribution >= 4 is 29.0 Å². The van der Waals surface area contributed by atoms with Gasteiger partial charge in [0.05, 0.1) is 5.56 Å². The van der Waals surface area contributed by atoms with Crippen molar-refractivity contribution in [3.05, 3.63) is 53.6 Å². The van der Waals surface area contributed by atoms with E-state index in [1.807, 2.05) is 12.1 Å². The smallest absolute Gasteiger partial charge is 0.312 e. The van der Waals surface area contributed by atoms with Crippen LogP contribution in [0, 0.1) is 5.92 Å². The number of alkyl halides is 3. The van der Waals surface area contributed by atoms with Crippen LogP contribution in [-0.2, 0) is 17.4 Å². The molecule has 1 heterocycles. The first-order chi connectivity index (χ1) is 14.1. The first-order valence-electron chi connectivity index (χ1n) is 9.82. The van der Waals surface area contributed by atoms with E-state index in [9.17, 15) is 22.8 Å². The lowest BCUT2D eigenvalue weighted by Crippen LogP contribution is -2.36. The van der Waals surface area contributed by atoms with E-state index < -0.39 is 17.8 Å². The molecule has 0 fully saturated rings. The Bertz CT molecular complexity index is 924. The second-order valence-electron chi connectivity index (χ2n) is 7.73. The van der Waals surface area contributed by atoms with Crippen LogP contribution in [-0.4, -0.2) is 18.5 Å². The molecule has 0 spiro atoms. The number of hydrogen-bond acceptors (Lipinski definition) is 2. The number of rotatable bonds is 5. The molecule has 3 amide bonds. The Morgan fingerprint density at radius 2 is 1.67 bits per heavy atom. The normalized spacial score (nSPS) is 13.9. The third kappa shape index (κ3) is 5.31. The fourth-order valence-corrected chi connectivity index (χ4v) is 3.31. The minimum atomic E-state index is -4.42. The quantitative estimate of drug-likeness (QED) is 0.656. The van der Waals surface area contributed by atoms with Crippen LogP contribution in [0.25, 0.3) is 0 Å². The molecule has 0 saturated carbocycles. The highest BCUT2D eigenvalue weighted by Gasteiger charge is 2.30. The zero-order valence-corrected chi connectivity index (χ0v) is 16.8. The Kier molecular flexibility index (Phi) is 6.34. The number of nitrogens with one attached hydrogen (secondary N) is 2. The predicted molar refractivity (Wildman–Crippen MR) is 111 cm³/mol. The molecule has 0 saturated heterocycles. The van der Waals surface area contributed by atoms with Gasteiger partial charge in [-0.1, -0.05) is 13.8 Å². The molecule has 0 unspecified atom stereocenters. The van der Waals surface area contributed by atoms with Gasteiger partial charge < -0.3 is 15.5 Å². The van der Waals surface area contributed by atoms with Gasteiger partial charge in [-0.3, -0.25) is 4.79 Å². The molecule has 1 aliphatic rings. The van der Waals surface area contributed by atoms with Gasteiger partial charge in [-0.05, 0) is 66.8 Å². The minimum absolute atomic E-state index is 0.101. The van der Waals surface area contributed by atoms with Crippen molar-refractivity contribution in [3.63, 3.8) is 0 Å². The molecule has 2 aromatic carbocycles. The van der Waals surface area contributed by atoms with E-state index in [2.05, 4.69) is 24.5 Å². The summed E-state index contributed by atoms with van der Waals surface area (Å²) in [4.78, 5) is 26.3. The Labute approximate surface area is 173 Å². The number of anilines is 3. The maximum atomic E-state index is 12.6. The molecule has 8 heteroatoms. The van der Waals surface area contributed by atoms with Crippen molar-refractivity contribution in [1.29, 1.82) is 0 Å². The second-order valence-corrected chi connectivity index (χ2v) is 7.73. The fourth-order valence-electron chi connectivity index (χ4n) is 3.31. The van der Waals surface area contributed by atoms with Crippen molar-refractivity contribution in [2.75, 3.05) is 22.1 Å². The lowest BCUT2D eigenvalue weighted by molar-refractivity contribution is -0.137. The van der Waals surface area contributed by atoms with E-state index in [0.717, 1.165) is 29.8 Å². The van der Waals surface area contributed by atoms with Gasteiger partial charge in [0.1, 0.15) is 0 Å². The van der Waals surface area contributed by atoms with Gasteiger partial charge in [0.15, 0.2) is 0 Å². The summed E-state index contributed by atoms with van der Waals surface area (Å²) in [5.41, 5.74) is 1.87. The van der Waals surface area contributed by atoms with E-state index in [0.29, 0.717) is 31.0 Å². The number of amides is 3.